The van der Waals surface area contributed by atoms with E-state index in [2.05, 4.69) is 0 Å². The number of esters is 2. The van der Waals surface area contributed by atoms with E-state index in [1.54, 1.807) is 6.92 Å². The molecule has 2 heterocycles. The Balaban J connectivity index is 1.65. The van der Waals surface area contributed by atoms with Crippen LogP contribution < -0.4 is 10.2 Å². The lowest BCUT2D eigenvalue weighted by Gasteiger charge is -2.31. The van der Waals surface area contributed by atoms with Crippen molar-refractivity contribution < 1.29 is 46.5 Å². The maximum atomic E-state index is 14.1. The minimum absolute atomic E-state index is 0.00521. The SMILES string of the molecule is CCCOC(=O)c1ccc(Oc2c(C(F)(F)F)oc3c(CN4CCC(C(=O)OCC)CC4)c(O)ccc3c2=O)cc1. The minimum atomic E-state index is -5.10. The molecule has 0 unspecified atom stereocenters. The lowest BCUT2D eigenvalue weighted by Crippen LogP contribution is -2.36. The molecular formula is C29H30F3NO8. The van der Waals surface area contributed by atoms with E-state index in [4.69, 9.17) is 18.6 Å². The monoisotopic (exact) mass is 577 g/mol. The summed E-state index contributed by atoms with van der Waals surface area (Å²) in [6.45, 7) is 4.89. The number of hydrogen-bond donors (Lipinski definition) is 1. The summed E-state index contributed by atoms with van der Waals surface area (Å²) in [6.07, 6.45) is -3.52. The van der Waals surface area contributed by atoms with Crippen LogP contribution in [0, 0.1) is 5.92 Å². The number of aromatic hydroxyl groups is 1. The fraction of sp³-hybridized carbons (Fsp3) is 0.414. The Morgan fingerprint density at radius 1 is 1.05 bits per heavy atom. The van der Waals surface area contributed by atoms with Gasteiger partial charge in [-0.05, 0) is 75.7 Å². The summed E-state index contributed by atoms with van der Waals surface area (Å²) in [5.41, 5.74) is -1.30. The summed E-state index contributed by atoms with van der Waals surface area (Å²) in [7, 11) is 0. The third-order valence-corrected chi connectivity index (χ3v) is 6.69. The molecule has 0 aliphatic carbocycles. The smallest absolute Gasteiger partial charge is 0.453 e. The molecule has 0 bridgehead atoms. The molecule has 220 valence electrons. The van der Waals surface area contributed by atoms with Crippen LogP contribution in [0.2, 0.25) is 0 Å². The summed E-state index contributed by atoms with van der Waals surface area (Å²) < 4.78 is 63.1. The molecule has 41 heavy (non-hydrogen) atoms. The molecule has 1 fully saturated rings. The van der Waals surface area contributed by atoms with Crippen LogP contribution in [-0.4, -0.2) is 48.2 Å². The van der Waals surface area contributed by atoms with Crippen molar-refractivity contribution in [2.45, 2.75) is 45.8 Å². The van der Waals surface area contributed by atoms with E-state index < -0.39 is 34.7 Å². The van der Waals surface area contributed by atoms with Gasteiger partial charge >= 0.3 is 18.1 Å². The number of benzene rings is 2. The lowest BCUT2D eigenvalue weighted by molar-refractivity contribution is -0.154. The molecule has 1 N–H and O–H groups in total. The third-order valence-electron chi connectivity index (χ3n) is 6.69. The van der Waals surface area contributed by atoms with E-state index in [9.17, 15) is 32.7 Å². The van der Waals surface area contributed by atoms with Gasteiger partial charge in [-0.25, -0.2) is 4.79 Å². The van der Waals surface area contributed by atoms with Gasteiger partial charge in [0.05, 0.1) is 35.6 Å². The van der Waals surface area contributed by atoms with Crippen molar-refractivity contribution in [3.63, 3.8) is 0 Å². The first-order valence-electron chi connectivity index (χ1n) is 13.3. The lowest BCUT2D eigenvalue weighted by atomic mass is 9.96. The largest absolute Gasteiger partial charge is 0.507 e. The number of carbonyl (C=O) groups is 2. The number of rotatable bonds is 9. The number of alkyl halides is 3. The molecular weight excluding hydrogens is 547 g/mol. The number of ether oxygens (including phenoxy) is 3. The Kier molecular flexibility index (Phi) is 9.21. The molecule has 0 spiro atoms. The van der Waals surface area contributed by atoms with Gasteiger partial charge in [-0.3, -0.25) is 14.5 Å². The van der Waals surface area contributed by atoms with Gasteiger partial charge in [0.25, 0.3) is 5.76 Å². The molecule has 1 saturated heterocycles. The maximum Gasteiger partial charge on any atom is 0.453 e. The summed E-state index contributed by atoms with van der Waals surface area (Å²) >= 11 is 0. The van der Waals surface area contributed by atoms with E-state index in [1.165, 1.54) is 36.4 Å². The second-order valence-electron chi connectivity index (χ2n) is 9.59. The Morgan fingerprint density at radius 3 is 2.34 bits per heavy atom. The summed E-state index contributed by atoms with van der Waals surface area (Å²) in [5.74, 6) is -4.36. The summed E-state index contributed by atoms with van der Waals surface area (Å²) in [4.78, 5) is 39.2. The van der Waals surface area contributed by atoms with Crippen LogP contribution in [0.4, 0.5) is 13.2 Å². The molecule has 1 aliphatic rings. The van der Waals surface area contributed by atoms with Crippen LogP contribution in [0.5, 0.6) is 17.2 Å². The molecule has 0 saturated carbocycles. The van der Waals surface area contributed by atoms with Crippen molar-refractivity contribution in [1.29, 1.82) is 0 Å². The van der Waals surface area contributed by atoms with Gasteiger partial charge in [-0.2, -0.15) is 13.2 Å². The number of piperidine rings is 1. The number of phenols is 1. The molecule has 4 rings (SSSR count). The van der Waals surface area contributed by atoms with Gasteiger partial charge in [-0.1, -0.05) is 6.92 Å². The first kappa shape index (κ1) is 29.9. The first-order valence-corrected chi connectivity index (χ1v) is 13.3. The third kappa shape index (κ3) is 6.82. The average Bonchev–Trinajstić information content (AvgIpc) is 2.94. The Hall–Kier alpha value is -4.06. The van der Waals surface area contributed by atoms with Crippen LogP contribution in [0.15, 0.2) is 45.6 Å². The van der Waals surface area contributed by atoms with E-state index in [0.717, 1.165) is 0 Å². The molecule has 0 atom stereocenters. The van der Waals surface area contributed by atoms with E-state index in [1.807, 2.05) is 11.8 Å². The van der Waals surface area contributed by atoms with Crippen LogP contribution in [-0.2, 0) is 27.0 Å². The fourth-order valence-corrected chi connectivity index (χ4v) is 4.58. The zero-order valence-electron chi connectivity index (χ0n) is 22.6. The summed E-state index contributed by atoms with van der Waals surface area (Å²) in [5, 5.41) is 10.3. The van der Waals surface area contributed by atoms with Crippen molar-refractivity contribution in [2.24, 2.45) is 5.92 Å². The van der Waals surface area contributed by atoms with Crippen molar-refractivity contribution in [1.82, 2.24) is 4.90 Å². The number of fused-ring (bicyclic) bond motifs is 1. The van der Waals surface area contributed by atoms with Gasteiger partial charge in [0.1, 0.15) is 17.1 Å². The van der Waals surface area contributed by atoms with Gasteiger partial charge < -0.3 is 23.7 Å². The first-order chi connectivity index (χ1) is 19.5. The van der Waals surface area contributed by atoms with Gasteiger partial charge in [0.2, 0.25) is 11.2 Å². The molecule has 1 aliphatic heterocycles. The molecule has 3 aromatic rings. The van der Waals surface area contributed by atoms with Crippen molar-refractivity contribution >= 4 is 22.9 Å². The number of nitrogens with zero attached hydrogens (tertiary/aromatic N) is 1. The zero-order chi connectivity index (χ0) is 29.7. The number of hydrogen-bond acceptors (Lipinski definition) is 9. The number of carbonyl (C=O) groups excluding carboxylic acids is 2. The predicted octanol–water partition coefficient (Wildman–Crippen LogP) is 5.65. The van der Waals surface area contributed by atoms with E-state index >= 15 is 0 Å². The average molecular weight is 578 g/mol. The Bertz CT molecular complexity index is 1460. The molecule has 0 radical (unpaired) electrons. The number of phenolic OH excluding ortho intramolecular Hbond substituents is 1. The van der Waals surface area contributed by atoms with Crippen molar-refractivity contribution in [3.8, 4) is 17.2 Å². The van der Waals surface area contributed by atoms with E-state index in [0.29, 0.717) is 32.4 Å². The minimum Gasteiger partial charge on any atom is -0.507 e. The molecule has 2 aromatic carbocycles. The Morgan fingerprint density at radius 2 is 1.73 bits per heavy atom. The second kappa shape index (κ2) is 12.6. The Labute approximate surface area is 233 Å². The highest BCUT2D eigenvalue weighted by Crippen LogP contribution is 2.40. The maximum absolute atomic E-state index is 14.1. The van der Waals surface area contributed by atoms with Crippen LogP contribution in [0.1, 0.15) is 54.8 Å². The zero-order valence-corrected chi connectivity index (χ0v) is 22.6. The van der Waals surface area contributed by atoms with Crippen molar-refractivity contribution in [2.75, 3.05) is 26.3 Å². The highest BCUT2D eigenvalue weighted by Gasteiger charge is 2.41. The predicted molar refractivity (Wildman–Crippen MR) is 141 cm³/mol. The second-order valence-corrected chi connectivity index (χ2v) is 9.59. The van der Waals surface area contributed by atoms with Crippen molar-refractivity contribution in [3.05, 3.63) is 63.5 Å². The molecule has 9 nitrogen and oxygen atoms in total. The quantitative estimate of drug-likeness (QED) is 0.322. The number of likely N-dealkylation sites (tertiary alicyclic amines) is 1. The van der Waals surface area contributed by atoms with Crippen LogP contribution in [0.25, 0.3) is 11.0 Å². The van der Waals surface area contributed by atoms with Gasteiger partial charge in [0, 0.05) is 6.54 Å². The molecule has 12 heteroatoms. The van der Waals surface area contributed by atoms with Gasteiger partial charge in [0.15, 0.2) is 0 Å². The standard InChI is InChI=1S/C29H30F3NO8/c1-3-15-39-28(37)17-5-7-19(8-6-17)40-25-23(35)20-9-10-22(34)21(24(20)41-26(25)29(30,31)32)16-33-13-11-18(12-14-33)27(36)38-4-2/h5-10,18,34H,3-4,11-16H2,1-2H3. The normalized spacial score (nSPS) is 14.7. The van der Waals surface area contributed by atoms with E-state index in [-0.39, 0.29) is 59.7 Å². The fourth-order valence-electron chi connectivity index (χ4n) is 4.58. The van der Waals surface area contributed by atoms with Crippen LogP contribution in [0.3, 0.4) is 0 Å². The number of halogens is 3. The highest BCUT2D eigenvalue weighted by atomic mass is 19.4. The summed E-state index contributed by atoms with van der Waals surface area (Å²) in [6, 6.07) is 7.50. The van der Waals surface area contributed by atoms with Gasteiger partial charge in [-0.15, -0.1) is 0 Å². The molecule has 1 aromatic heterocycles. The van der Waals surface area contributed by atoms with Crippen LogP contribution >= 0.6 is 0 Å². The topological polar surface area (TPSA) is 116 Å². The highest BCUT2D eigenvalue weighted by molar-refractivity contribution is 5.89. The molecule has 0 amide bonds.